The highest BCUT2D eigenvalue weighted by molar-refractivity contribution is 5.83. The topological polar surface area (TPSA) is 29.1 Å². The van der Waals surface area contributed by atoms with Crippen LogP contribution in [0.1, 0.15) is 36.8 Å². The van der Waals surface area contributed by atoms with Crippen LogP contribution in [0.2, 0.25) is 0 Å². The lowest BCUT2D eigenvalue weighted by Crippen LogP contribution is -2.30. The van der Waals surface area contributed by atoms with Gasteiger partial charge < -0.3 is 5.32 Å². The van der Waals surface area contributed by atoms with E-state index < -0.39 is 0 Å². The fourth-order valence-corrected chi connectivity index (χ4v) is 2.53. The average Bonchev–Trinajstić information content (AvgIpc) is 2.54. The number of benzene rings is 2. The molecule has 0 heterocycles. The number of amides is 1. The van der Waals surface area contributed by atoms with Gasteiger partial charge in [-0.3, -0.25) is 4.79 Å². The van der Waals surface area contributed by atoms with Gasteiger partial charge in [-0.15, -0.1) is 0 Å². The number of rotatable bonds is 7. The molecule has 2 aromatic rings. The van der Waals surface area contributed by atoms with E-state index in [1.807, 2.05) is 36.4 Å². The van der Waals surface area contributed by atoms with Gasteiger partial charge in [0.25, 0.3) is 0 Å². The van der Waals surface area contributed by atoms with Crippen molar-refractivity contribution in [1.82, 2.24) is 5.32 Å². The van der Waals surface area contributed by atoms with E-state index in [4.69, 9.17) is 0 Å². The number of aryl methyl sites for hydroxylation is 1. The van der Waals surface area contributed by atoms with E-state index >= 15 is 0 Å². The average molecular weight is 281 g/mol. The van der Waals surface area contributed by atoms with E-state index in [9.17, 15) is 4.79 Å². The minimum Gasteiger partial charge on any atom is -0.356 e. The zero-order chi connectivity index (χ0) is 14.9. The molecule has 0 unspecified atom stereocenters. The van der Waals surface area contributed by atoms with E-state index in [1.165, 1.54) is 5.56 Å². The van der Waals surface area contributed by atoms with Gasteiger partial charge in [-0.2, -0.15) is 0 Å². The fraction of sp³-hybridized carbons (Fsp3) is 0.316. The van der Waals surface area contributed by atoms with Crippen LogP contribution in [0.25, 0.3) is 0 Å². The molecule has 0 bridgehead atoms. The first-order valence-electron chi connectivity index (χ1n) is 7.68. The Morgan fingerprint density at radius 2 is 1.62 bits per heavy atom. The van der Waals surface area contributed by atoms with E-state index in [-0.39, 0.29) is 11.8 Å². The number of carbonyl (C=O) groups excluding carboxylic acids is 1. The Morgan fingerprint density at radius 3 is 2.24 bits per heavy atom. The van der Waals surface area contributed by atoms with E-state index in [0.717, 1.165) is 31.4 Å². The van der Waals surface area contributed by atoms with E-state index in [0.29, 0.717) is 0 Å². The third kappa shape index (κ3) is 4.75. The van der Waals surface area contributed by atoms with Crippen molar-refractivity contribution >= 4 is 5.91 Å². The first kappa shape index (κ1) is 15.3. The van der Waals surface area contributed by atoms with Gasteiger partial charge >= 0.3 is 0 Å². The zero-order valence-corrected chi connectivity index (χ0v) is 12.6. The Balaban J connectivity index is 1.78. The van der Waals surface area contributed by atoms with Gasteiger partial charge in [-0.1, -0.05) is 67.6 Å². The van der Waals surface area contributed by atoms with Crippen LogP contribution in [0.5, 0.6) is 0 Å². The summed E-state index contributed by atoms with van der Waals surface area (Å²) >= 11 is 0. The minimum absolute atomic E-state index is 0.0390. The van der Waals surface area contributed by atoms with Gasteiger partial charge in [-0.05, 0) is 30.4 Å². The van der Waals surface area contributed by atoms with Crippen molar-refractivity contribution in [2.45, 2.75) is 32.1 Å². The second kappa shape index (κ2) is 8.25. The number of hydrogen-bond donors (Lipinski definition) is 1. The highest BCUT2D eigenvalue weighted by Gasteiger charge is 2.17. The monoisotopic (exact) mass is 281 g/mol. The van der Waals surface area contributed by atoms with Crippen LogP contribution < -0.4 is 5.32 Å². The maximum Gasteiger partial charge on any atom is 0.227 e. The maximum atomic E-state index is 12.3. The standard InChI is InChI=1S/C19H23NO/c1-2-18(17-13-7-4-8-14-17)19(21)20-15-9-12-16-10-5-3-6-11-16/h3-8,10-11,13-14,18H,2,9,12,15H2,1H3,(H,20,21)/t18-/m1/s1. The fourth-order valence-electron chi connectivity index (χ4n) is 2.53. The largest absolute Gasteiger partial charge is 0.356 e. The minimum atomic E-state index is -0.0390. The molecule has 1 atom stereocenters. The van der Waals surface area contributed by atoms with Crippen LogP contribution in [0.4, 0.5) is 0 Å². The molecule has 21 heavy (non-hydrogen) atoms. The summed E-state index contributed by atoms with van der Waals surface area (Å²) in [5.74, 6) is 0.0969. The van der Waals surface area contributed by atoms with E-state index in [2.05, 4.69) is 36.5 Å². The highest BCUT2D eigenvalue weighted by Crippen LogP contribution is 2.19. The second-order valence-electron chi connectivity index (χ2n) is 5.25. The Bertz CT molecular complexity index is 536. The lowest BCUT2D eigenvalue weighted by atomic mass is 9.95. The first-order valence-corrected chi connectivity index (χ1v) is 7.68. The first-order chi connectivity index (χ1) is 10.3. The predicted molar refractivity (Wildman–Crippen MR) is 87.2 cm³/mol. The highest BCUT2D eigenvalue weighted by atomic mass is 16.1. The van der Waals surface area contributed by atoms with Crippen molar-refractivity contribution < 1.29 is 4.79 Å². The Hall–Kier alpha value is -2.09. The zero-order valence-electron chi connectivity index (χ0n) is 12.6. The molecule has 0 saturated carbocycles. The van der Waals surface area contributed by atoms with Crippen molar-refractivity contribution in [1.29, 1.82) is 0 Å². The number of hydrogen-bond acceptors (Lipinski definition) is 1. The summed E-state index contributed by atoms with van der Waals surface area (Å²) < 4.78 is 0. The summed E-state index contributed by atoms with van der Waals surface area (Å²) in [6, 6.07) is 20.4. The van der Waals surface area contributed by atoms with Gasteiger partial charge in [0, 0.05) is 6.54 Å². The molecule has 0 aliphatic carbocycles. The van der Waals surface area contributed by atoms with Gasteiger partial charge in [0.1, 0.15) is 0 Å². The molecule has 0 saturated heterocycles. The molecule has 2 rings (SSSR count). The molecule has 110 valence electrons. The van der Waals surface area contributed by atoms with Crippen molar-refractivity contribution in [2.24, 2.45) is 0 Å². The molecule has 2 nitrogen and oxygen atoms in total. The van der Waals surface area contributed by atoms with Crippen molar-refractivity contribution in [3.8, 4) is 0 Å². The van der Waals surface area contributed by atoms with Crippen LogP contribution in [0, 0.1) is 0 Å². The summed E-state index contributed by atoms with van der Waals surface area (Å²) in [5, 5.41) is 3.06. The SMILES string of the molecule is CC[C@@H](C(=O)NCCCc1ccccc1)c1ccccc1. The Morgan fingerprint density at radius 1 is 1.00 bits per heavy atom. The van der Waals surface area contributed by atoms with Gasteiger partial charge in [0.15, 0.2) is 0 Å². The molecular formula is C19H23NO. The van der Waals surface area contributed by atoms with Crippen molar-refractivity contribution in [3.05, 3.63) is 71.8 Å². The third-order valence-corrected chi connectivity index (χ3v) is 3.71. The molecule has 0 aromatic heterocycles. The summed E-state index contributed by atoms with van der Waals surface area (Å²) in [6.45, 7) is 2.79. The van der Waals surface area contributed by atoms with Crippen molar-refractivity contribution in [2.75, 3.05) is 6.54 Å². The van der Waals surface area contributed by atoms with Crippen LogP contribution in [-0.2, 0) is 11.2 Å². The molecule has 2 aromatic carbocycles. The van der Waals surface area contributed by atoms with Crippen LogP contribution in [0.3, 0.4) is 0 Å². The molecule has 0 spiro atoms. The quantitative estimate of drug-likeness (QED) is 0.765. The lowest BCUT2D eigenvalue weighted by Gasteiger charge is -2.15. The lowest BCUT2D eigenvalue weighted by molar-refractivity contribution is -0.122. The molecule has 2 heteroatoms. The third-order valence-electron chi connectivity index (χ3n) is 3.71. The normalized spacial score (nSPS) is 11.9. The molecule has 0 aliphatic rings. The molecular weight excluding hydrogens is 258 g/mol. The van der Waals surface area contributed by atoms with Crippen molar-refractivity contribution in [3.63, 3.8) is 0 Å². The van der Waals surface area contributed by atoms with Gasteiger partial charge in [-0.25, -0.2) is 0 Å². The molecule has 0 fully saturated rings. The van der Waals surface area contributed by atoms with E-state index in [1.54, 1.807) is 0 Å². The molecule has 1 amide bonds. The van der Waals surface area contributed by atoms with Crippen LogP contribution >= 0.6 is 0 Å². The summed E-state index contributed by atoms with van der Waals surface area (Å²) in [4.78, 5) is 12.3. The van der Waals surface area contributed by atoms with Gasteiger partial charge in [0.05, 0.1) is 5.92 Å². The van der Waals surface area contributed by atoms with Gasteiger partial charge in [0.2, 0.25) is 5.91 Å². The Labute approximate surface area is 127 Å². The summed E-state index contributed by atoms with van der Waals surface area (Å²) in [7, 11) is 0. The smallest absolute Gasteiger partial charge is 0.227 e. The molecule has 0 aliphatic heterocycles. The van der Waals surface area contributed by atoms with Crippen LogP contribution in [-0.4, -0.2) is 12.5 Å². The number of carbonyl (C=O) groups is 1. The Kier molecular flexibility index (Phi) is 6.01. The predicted octanol–water partition coefficient (Wildman–Crippen LogP) is 3.93. The molecule has 1 N–H and O–H groups in total. The summed E-state index contributed by atoms with van der Waals surface area (Å²) in [6.07, 6.45) is 2.80. The summed E-state index contributed by atoms with van der Waals surface area (Å²) in [5.41, 5.74) is 2.42. The maximum absolute atomic E-state index is 12.3. The second-order valence-corrected chi connectivity index (χ2v) is 5.25. The molecule has 0 radical (unpaired) electrons. The number of nitrogens with one attached hydrogen (secondary N) is 1. The van der Waals surface area contributed by atoms with Crippen LogP contribution in [0.15, 0.2) is 60.7 Å².